The molecular formula is C14H16N4O4S. The highest BCUT2D eigenvalue weighted by Gasteiger charge is 2.28. The number of nitrogens with two attached hydrogens (primary N) is 1. The van der Waals surface area contributed by atoms with Gasteiger partial charge in [-0.3, -0.25) is 4.79 Å². The molecular weight excluding hydrogens is 320 g/mol. The van der Waals surface area contributed by atoms with E-state index < -0.39 is 10.1 Å². The van der Waals surface area contributed by atoms with Crippen molar-refractivity contribution in [2.45, 2.75) is 12.8 Å². The predicted octanol–water partition coefficient (Wildman–Crippen LogP) is 0.663. The number of nitrogen functional groups attached to an aromatic ring is 1. The van der Waals surface area contributed by atoms with Crippen LogP contribution < -0.4 is 16.4 Å². The van der Waals surface area contributed by atoms with Gasteiger partial charge in [0.1, 0.15) is 11.4 Å². The van der Waals surface area contributed by atoms with Gasteiger partial charge in [0, 0.05) is 23.4 Å². The van der Waals surface area contributed by atoms with Gasteiger partial charge < -0.3 is 5.73 Å². The van der Waals surface area contributed by atoms with Crippen molar-refractivity contribution in [3.05, 3.63) is 40.2 Å². The van der Waals surface area contributed by atoms with E-state index in [2.05, 4.69) is 10.2 Å². The Bertz CT molecular complexity index is 890. The van der Waals surface area contributed by atoms with Crippen molar-refractivity contribution in [2.24, 2.45) is 0 Å². The molecule has 9 heteroatoms. The summed E-state index contributed by atoms with van der Waals surface area (Å²) >= 11 is 0. The number of aromatic nitrogens is 2. The quantitative estimate of drug-likeness (QED) is 0.790. The lowest BCUT2D eigenvalue weighted by atomic mass is 10.0. The molecule has 0 aliphatic carbocycles. The first-order valence-corrected chi connectivity index (χ1v) is 8.81. The third-order valence-corrected chi connectivity index (χ3v) is 3.95. The molecule has 0 saturated carbocycles. The molecule has 3 rings (SSSR count). The van der Waals surface area contributed by atoms with Gasteiger partial charge in [-0.2, -0.15) is 13.5 Å². The highest BCUT2D eigenvalue weighted by atomic mass is 32.2. The third kappa shape index (κ3) is 3.20. The zero-order valence-electron chi connectivity index (χ0n) is 12.4. The first-order chi connectivity index (χ1) is 10.8. The molecule has 0 spiro atoms. The van der Waals surface area contributed by atoms with Gasteiger partial charge in [-0.15, -0.1) is 4.28 Å². The van der Waals surface area contributed by atoms with Crippen LogP contribution in [0.3, 0.4) is 0 Å². The van der Waals surface area contributed by atoms with Crippen molar-refractivity contribution in [1.82, 2.24) is 10.2 Å². The van der Waals surface area contributed by atoms with Crippen LogP contribution in [0.25, 0.3) is 11.3 Å². The fourth-order valence-electron chi connectivity index (χ4n) is 2.57. The fraction of sp³-hybridized carbons (Fsp3) is 0.286. The van der Waals surface area contributed by atoms with Gasteiger partial charge in [0.2, 0.25) is 0 Å². The summed E-state index contributed by atoms with van der Waals surface area (Å²) in [7, 11) is -3.72. The minimum atomic E-state index is -3.72. The number of hydrogen-bond acceptors (Lipinski definition) is 7. The van der Waals surface area contributed by atoms with Gasteiger partial charge in [0.15, 0.2) is 0 Å². The maximum absolute atomic E-state index is 12.0. The van der Waals surface area contributed by atoms with E-state index in [1.165, 1.54) is 5.06 Å². The lowest BCUT2D eigenvalue weighted by molar-refractivity contribution is 0.277. The first kappa shape index (κ1) is 15.5. The van der Waals surface area contributed by atoms with Gasteiger partial charge in [0.25, 0.3) is 15.7 Å². The van der Waals surface area contributed by atoms with Gasteiger partial charge in [-0.1, -0.05) is 12.1 Å². The maximum atomic E-state index is 12.0. The Balaban J connectivity index is 2.19. The van der Waals surface area contributed by atoms with E-state index in [0.717, 1.165) is 6.26 Å². The molecule has 8 nitrogen and oxygen atoms in total. The Hall–Kier alpha value is -2.39. The van der Waals surface area contributed by atoms with Crippen molar-refractivity contribution in [2.75, 3.05) is 23.6 Å². The second kappa shape index (κ2) is 5.67. The summed E-state index contributed by atoms with van der Waals surface area (Å²) in [5, 5.41) is 7.76. The van der Waals surface area contributed by atoms with Crippen LogP contribution >= 0.6 is 0 Å². The van der Waals surface area contributed by atoms with Crippen molar-refractivity contribution in [3.63, 3.8) is 0 Å². The highest BCUT2D eigenvalue weighted by Crippen LogP contribution is 2.34. The third-order valence-electron chi connectivity index (χ3n) is 3.50. The zero-order valence-corrected chi connectivity index (χ0v) is 13.3. The van der Waals surface area contributed by atoms with Crippen LogP contribution in [0.1, 0.15) is 12.0 Å². The summed E-state index contributed by atoms with van der Waals surface area (Å²) in [6.45, 7) is 0.354. The number of benzene rings is 1. The molecule has 23 heavy (non-hydrogen) atoms. The molecule has 0 fully saturated rings. The maximum Gasteiger partial charge on any atom is 0.285 e. The molecule has 2 heterocycles. The molecule has 1 aromatic carbocycles. The summed E-state index contributed by atoms with van der Waals surface area (Å²) < 4.78 is 28.0. The number of fused-ring (bicyclic) bond motifs is 1. The highest BCUT2D eigenvalue weighted by molar-refractivity contribution is 7.86. The summed E-state index contributed by atoms with van der Waals surface area (Å²) in [4.78, 5) is 12.0. The first-order valence-electron chi connectivity index (χ1n) is 7.00. The van der Waals surface area contributed by atoms with E-state index in [1.54, 1.807) is 24.3 Å². The van der Waals surface area contributed by atoms with E-state index >= 15 is 0 Å². The normalized spacial score (nSPS) is 14.6. The Morgan fingerprint density at radius 2 is 2.00 bits per heavy atom. The largest absolute Gasteiger partial charge is 0.399 e. The average molecular weight is 336 g/mol. The van der Waals surface area contributed by atoms with Gasteiger partial charge in [-0.05, 0) is 25.0 Å². The number of nitrogens with zero attached hydrogens (tertiary/aromatic N) is 2. The molecule has 0 amide bonds. The lowest BCUT2D eigenvalue weighted by Gasteiger charge is -2.29. The molecule has 0 bridgehead atoms. The summed E-state index contributed by atoms with van der Waals surface area (Å²) in [6.07, 6.45) is 2.10. The van der Waals surface area contributed by atoms with E-state index in [-0.39, 0.29) is 5.56 Å². The Morgan fingerprint density at radius 1 is 1.30 bits per heavy atom. The van der Waals surface area contributed by atoms with Crippen molar-refractivity contribution < 1.29 is 12.7 Å². The average Bonchev–Trinajstić information content (AvgIpc) is 2.48. The molecule has 1 aromatic heterocycles. The molecule has 122 valence electrons. The Labute approximate surface area is 133 Å². The van der Waals surface area contributed by atoms with Gasteiger partial charge in [0.05, 0.1) is 6.26 Å². The standard InChI is InChI=1S/C14H16N4O4S/c1-23(20,21)22-18-8-2-3-11-13(18)12(16-17-14(11)19)9-4-6-10(15)7-5-9/h4-7H,2-3,8,15H2,1H3,(H,17,19). The van der Waals surface area contributed by atoms with Crippen molar-refractivity contribution in [3.8, 4) is 11.3 Å². The summed E-state index contributed by atoms with van der Waals surface area (Å²) in [5.41, 5.74) is 7.93. The predicted molar refractivity (Wildman–Crippen MR) is 86.3 cm³/mol. The molecule has 0 radical (unpaired) electrons. The van der Waals surface area contributed by atoms with Gasteiger partial charge >= 0.3 is 0 Å². The van der Waals surface area contributed by atoms with Crippen LogP contribution in [0.2, 0.25) is 0 Å². The van der Waals surface area contributed by atoms with E-state index in [0.29, 0.717) is 47.6 Å². The minimum Gasteiger partial charge on any atom is -0.399 e. The summed E-state index contributed by atoms with van der Waals surface area (Å²) in [6, 6.07) is 6.92. The molecule has 3 N–H and O–H groups in total. The number of hydroxylamine groups is 1. The molecule has 1 aliphatic heterocycles. The number of aromatic amines is 1. The van der Waals surface area contributed by atoms with E-state index in [9.17, 15) is 13.2 Å². The van der Waals surface area contributed by atoms with E-state index in [1.807, 2.05) is 0 Å². The smallest absolute Gasteiger partial charge is 0.285 e. The number of rotatable bonds is 3. The second-order valence-corrected chi connectivity index (χ2v) is 6.89. The van der Waals surface area contributed by atoms with Crippen LogP contribution in [0.15, 0.2) is 29.1 Å². The fourth-order valence-corrected chi connectivity index (χ4v) is 3.05. The number of anilines is 2. The second-order valence-electron chi connectivity index (χ2n) is 5.33. The SMILES string of the molecule is CS(=O)(=O)ON1CCCc2c1c(-c1ccc(N)cc1)n[nH]c2=O. The number of nitrogens with one attached hydrogen (secondary N) is 1. The number of hydrogen-bond donors (Lipinski definition) is 2. The molecule has 1 aliphatic rings. The lowest BCUT2D eigenvalue weighted by Crippen LogP contribution is -2.35. The Kier molecular flexibility index (Phi) is 3.82. The van der Waals surface area contributed by atoms with Crippen LogP contribution in [-0.4, -0.2) is 31.4 Å². The van der Waals surface area contributed by atoms with Crippen LogP contribution in [0.4, 0.5) is 11.4 Å². The van der Waals surface area contributed by atoms with Gasteiger partial charge in [-0.25, -0.2) is 10.2 Å². The van der Waals surface area contributed by atoms with Crippen molar-refractivity contribution >= 4 is 21.5 Å². The van der Waals surface area contributed by atoms with Crippen LogP contribution in [-0.2, 0) is 20.8 Å². The van der Waals surface area contributed by atoms with Crippen LogP contribution in [0, 0.1) is 0 Å². The molecule has 0 unspecified atom stereocenters. The molecule has 2 aromatic rings. The molecule has 0 saturated heterocycles. The number of H-pyrrole nitrogens is 1. The van der Waals surface area contributed by atoms with E-state index in [4.69, 9.17) is 10.0 Å². The van der Waals surface area contributed by atoms with Crippen LogP contribution in [0.5, 0.6) is 0 Å². The Morgan fingerprint density at radius 3 is 2.65 bits per heavy atom. The molecule has 0 atom stereocenters. The van der Waals surface area contributed by atoms with Crippen molar-refractivity contribution in [1.29, 1.82) is 0 Å². The zero-order chi connectivity index (χ0) is 16.6. The monoisotopic (exact) mass is 336 g/mol. The summed E-state index contributed by atoms with van der Waals surface area (Å²) in [5.74, 6) is 0. The topological polar surface area (TPSA) is 118 Å². The minimum absolute atomic E-state index is 0.346.